The first-order valence-corrected chi connectivity index (χ1v) is 10.8. The molecule has 0 aromatic heterocycles. The molecule has 4 heteroatoms. The van der Waals surface area contributed by atoms with E-state index in [-0.39, 0.29) is 5.91 Å². The molecule has 3 aromatic rings. The van der Waals surface area contributed by atoms with Gasteiger partial charge in [0.1, 0.15) is 0 Å². The van der Waals surface area contributed by atoms with E-state index in [9.17, 15) is 4.79 Å². The van der Waals surface area contributed by atoms with Gasteiger partial charge < -0.3 is 5.32 Å². The van der Waals surface area contributed by atoms with Gasteiger partial charge in [-0.15, -0.1) is 23.5 Å². The summed E-state index contributed by atoms with van der Waals surface area (Å²) in [6.45, 7) is 0. The van der Waals surface area contributed by atoms with Crippen LogP contribution in [-0.4, -0.2) is 17.9 Å². The van der Waals surface area contributed by atoms with E-state index >= 15 is 0 Å². The number of benzene rings is 3. The normalized spacial score (nSPS) is 10.5. The van der Waals surface area contributed by atoms with Crippen LogP contribution in [0.15, 0.2) is 83.8 Å². The van der Waals surface area contributed by atoms with Crippen LogP contribution in [-0.2, 0) is 10.5 Å². The van der Waals surface area contributed by atoms with Gasteiger partial charge in [-0.2, -0.15) is 0 Å². The van der Waals surface area contributed by atoms with Crippen molar-refractivity contribution in [2.75, 3.05) is 17.3 Å². The Morgan fingerprint density at radius 3 is 2.31 bits per heavy atom. The maximum Gasteiger partial charge on any atom is 0.234 e. The number of hydrogen-bond donors (Lipinski definition) is 1. The van der Waals surface area contributed by atoms with Crippen molar-refractivity contribution in [3.05, 3.63) is 84.4 Å². The third kappa shape index (κ3) is 5.16. The second kappa shape index (κ2) is 9.51. The van der Waals surface area contributed by atoms with Crippen LogP contribution in [0.4, 0.5) is 5.69 Å². The van der Waals surface area contributed by atoms with Gasteiger partial charge in [0.25, 0.3) is 0 Å². The van der Waals surface area contributed by atoms with E-state index < -0.39 is 0 Å². The largest absolute Gasteiger partial charge is 0.325 e. The maximum absolute atomic E-state index is 12.4. The van der Waals surface area contributed by atoms with Crippen molar-refractivity contribution in [2.45, 2.75) is 10.6 Å². The van der Waals surface area contributed by atoms with Gasteiger partial charge in [0.15, 0.2) is 0 Å². The predicted molar refractivity (Wildman–Crippen MR) is 115 cm³/mol. The highest BCUT2D eigenvalue weighted by molar-refractivity contribution is 7.99. The number of hydrogen-bond acceptors (Lipinski definition) is 3. The second-order valence-corrected chi connectivity index (χ2v) is 7.67. The van der Waals surface area contributed by atoms with Crippen LogP contribution in [0.1, 0.15) is 5.56 Å². The molecule has 0 fully saturated rings. The average Bonchev–Trinajstić information content (AvgIpc) is 2.69. The maximum atomic E-state index is 12.4. The Morgan fingerprint density at radius 2 is 1.58 bits per heavy atom. The minimum absolute atomic E-state index is 0.0270. The van der Waals surface area contributed by atoms with Gasteiger partial charge in [-0.05, 0) is 35.6 Å². The Morgan fingerprint density at radius 1 is 0.885 bits per heavy atom. The summed E-state index contributed by atoms with van der Waals surface area (Å²) in [6, 6.07) is 26.5. The highest BCUT2D eigenvalue weighted by Gasteiger charge is 2.08. The van der Waals surface area contributed by atoms with Gasteiger partial charge >= 0.3 is 0 Å². The highest BCUT2D eigenvalue weighted by atomic mass is 32.2. The summed E-state index contributed by atoms with van der Waals surface area (Å²) in [5.41, 5.74) is 4.24. The van der Waals surface area contributed by atoms with E-state index in [4.69, 9.17) is 0 Å². The fraction of sp³-hybridized carbons (Fsp3) is 0.136. The van der Waals surface area contributed by atoms with Gasteiger partial charge in [0.2, 0.25) is 5.91 Å². The fourth-order valence-corrected chi connectivity index (χ4v) is 3.83. The monoisotopic (exact) mass is 379 g/mol. The van der Waals surface area contributed by atoms with Crippen molar-refractivity contribution in [1.29, 1.82) is 0 Å². The number of carbonyl (C=O) groups excluding carboxylic acids is 1. The van der Waals surface area contributed by atoms with Crippen molar-refractivity contribution in [3.8, 4) is 11.1 Å². The van der Waals surface area contributed by atoms with E-state index in [2.05, 4.69) is 48.0 Å². The Bertz CT molecular complexity index is 848. The Balaban J connectivity index is 1.57. The topological polar surface area (TPSA) is 29.1 Å². The molecule has 132 valence electrons. The van der Waals surface area contributed by atoms with Crippen LogP contribution < -0.4 is 5.32 Å². The smallest absolute Gasteiger partial charge is 0.234 e. The lowest BCUT2D eigenvalue weighted by Gasteiger charge is -2.11. The zero-order valence-electron chi connectivity index (χ0n) is 14.6. The first-order valence-electron chi connectivity index (χ1n) is 8.41. The summed E-state index contributed by atoms with van der Waals surface area (Å²) in [6.07, 6.45) is 2.07. The standard InChI is InChI=1S/C22H21NOS2/c1-25-19-13-11-17(12-14-19)15-26-16-22(24)23-21-10-6-5-9-20(21)18-7-3-2-4-8-18/h2-14H,15-16H2,1H3,(H,23,24). The molecule has 0 aliphatic heterocycles. The van der Waals surface area contributed by atoms with Crippen molar-refractivity contribution in [3.63, 3.8) is 0 Å². The zero-order valence-corrected chi connectivity index (χ0v) is 16.3. The number of carbonyl (C=O) groups is 1. The summed E-state index contributed by atoms with van der Waals surface area (Å²) in [5, 5.41) is 3.05. The molecule has 26 heavy (non-hydrogen) atoms. The Kier molecular flexibility index (Phi) is 6.81. The molecule has 0 atom stereocenters. The third-order valence-corrected chi connectivity index (χ3v) is 5.69. The molecule has 1 N–H and O–H groups in total. The van der Waals surface area contributed by atoms with Gasteiger partial charge in [0, 0.05) is 21.9 Å². The Labute approximate surface area is 163 Å². The lowest BCUT2D eigenvalue weighted by Crippen LogP contribution is -2.14. The zero-order chi connectivity index (χ0) is 18.2. The van der Waals surface area contributed by atoms with Crippen LogP contribution in [0.5, 0.6) is 0 Å². The van der Waals surface area contributed by atoms with Crippen LogP contribution in [0.2, 0.25) is 0 Å². The minimum atomic E-state index is 0.0270. The van der Waals surface area contributed by atoms with Crippen molar-refractivity contribution >= 4 is 35.1 Å². The first kappa shape index (κ1) is 18.6. The van der Waals surface area contributed by atoms with E-state index in [0.717, 1.165) is 22.6 Å². The molecule has 0 heterocycles. The SMILES string of the molecule is CSc1ccc(CSCC(=O)Nc2ccccc2-c2ccccc2)cc1. The van der Waals surface area contributed by atoms with Crippen LogP contribution in [0.3, 0.4) is 0 Å². The molecule has 1 amide bonds. The predicted octanol–water partition coefficient (Wildman–Crippen LogP) is 5.95. The van der Waals surface area contributed by atoms with E-state index in [1.165, 1.54) is 10.5 Å². The summed E-state index contributed by atoms with van der Waals surface area (Å²) < 4.78 is 0. The van der Waals surface area contributed by atoms with Gasteiger partial charge in [-0.25, -0.2) is 0 Å². The molecular weight excluding hydrogens is 358 g/mol. The quantitative estimate of drug-likeness (QED) is 0.515. The summed E-state index contributed by atoms with van der Waals surface area (Å²) >= 11 is 3.37. The number of nitrogens with one attached hydrogen (secondary N) is 1. The van der Waals surface area contributed by atoms with Gasteiger partial charge in [-0.3, -0.25) is 4.79 Å². The number of para-hydroxylation sites is 1. The van der Waals surface area contributed by atoms with E-state index in [1.54, 1.807) is 23.5 Å². The summed E-state index contributed by atoms with van der Waals surface area (Å²) in [7, 11) is 0. The van der Waals surface area contributed by atoms with E-state index in [1.807, 2.05) is 42.5 Å². The van der Waals surface area contributed by atoms with Crippen molar-refractivity contribution in [2.24, 2.45) is 0 Å². The molecule has 2 nitrogen and oxygen atoms in total. The number of rotatable bonds is 7. The van der Waals surface area contributed by atoms with Crippen LogP contribution in [0.25, 0.3) is 11.1 Å². The highest BCUT2D eigenvalue weighted by Crippen LogP contribution is 2.27. The molecule has 0 aliphatic rings. The molecule has 0 bridgehead atoms. The molecule has 0 spiro atoms. The Hall–Kier alpha value is -2.17. The molecule has 0 aliphatic carbocycles. The van der Waals surface area contributed by atoms with Gasteiger partial charge in [0.05, 0.1) is 5.75 Å². The summed E-state index contributed by atoms with van der Waals surface area (Å²) in [4.78, 5) is 13.6. The minimum Gasteiger partial charge on any atom is -0.325 e. The molecule has 0 radical (unpaired) electrons. The number of amides is 1. The fourth-order valence-electron chi connectivity index (χ4n) is 2.63. The summed E-state index contributed by atoms with van der Waals surface area (Å²) in [5.74, 6) is 1.30. The third-order valence-electron chi connectivity index (χ3n) is 3.95. The van der Waals surface area contributed by atoms with Crippen LogP contribution >= 0.6 is 23.5 Å². The lowest BCUT2D eigenvalue weighted by molar-refractivity contribution is -0.113. The van der Waals surface area contributed by atoms with Crippen LogP contribution in [0, 0.1) is 0 Å². The molecule has 0 unspecified atom stereocenters. The first-order chi connectivity index (χ1) is 12.8. The number of anilines is 1. The lowest BCUT2D eigenvalue weighted by atomic mass is 10.0. The molecule has 3 aromatic carbocycles. The average molecular weight is 380 g/mol. The molecule has 0 saturated carbocycles. The van der Waals surface area contributed by atoms with E-state index in [0.29, 0.717) is 5.75 Å². The molecular formula is C22H21NOS2. The molecule has 3 rings (SSSR count). The number of thioether (sulfide) groups is 2. The molecule has 0 saturated heterocycles. The van der Waals surface area contributed by atoms with Crippen molar-refractivity contribution in [1.82, 2.24) is 0 Å². The van der Waals surface area contributed by atoms with Gasteiger partial charge in [-0.1, -0.05) is 60.7 Å². The second-order valence-electron chi connectivity index (χ2n) is 5.80. The van der Waals surface area contributed by atoms with Crippen molar-refractivity contribution < 1.29 is 4.79 Å².